The van der Waals surface area contributed by atoms with Gasteiger partial charge in [0.25, 0.3) is 11.8 Å². The maximum Gasteiger partial charge on any atom is 0.266 e. The molecule has 0 saturated carbocycles. The van der Waals surface area contributed by atoms with Gasteiger partial charge in [-0.1, -0.05) is 39.2 Å². The van der Waals surface area contributed by atoms with Crippen LogP contribution >= 0.6 is 11.3 Å². The first-order valence-corrected chi connectivity index (χ1v) is 12.9. The normalized spacial score (nSPS) is 15.1. The average molecular weight is 496 g/mol. The first kappa shape index (κ1) is 26.3. The fourth-order valence-corrected chi connectivity index (χ4v) is 5.60. The van der Waals surface area contributed by atoms with Gasteiger partial charge in [-0.05, 0) is 60.9 Å². The van der Waals surface area contributed by atoms with Crippen LogP contribution in [0.1, 0.15) is 72.3 Å². The summed E-state index contributed by atoms with van der Waals surface area (Å²) in [6, 6.07) is 7.23. The van der Waals surface area contributed by atoms with Crippen molar-refractivity contribution in [1.82, 2.24) is 0 Å². The van der Waals surface area contributed by atoms with Gasteiger partial charge in [0.2, 0.25) is 0 Å². The Hall–Kier alpha value is -3.31. The number of nitrogens with one attached hydrogen (secondary N) is 1. The van der Waals surface area contributed by atoms with Gasteiger partial charge in [-0.15, -0.1) is 11.3 Å². The monoisotopic (exact) mass is 495 g/mol. The van der Waals surface area contributed by atoms with E-state index in [1.165, 1.54) is 23.8 Å². The number of carbonyl (C=O) groups is 2. The zero-order valence-corrected chi connectivity index (χ0v) is 21.4. The molecule has 1 aliphatic carbocycles. The standard InChI is InChI=1S/C27H33N3O4S/c1-4-5-6-7-12-34-21-11-9-18(15-22(21)33-3)14-19(16-28)26(32)30-27-24(25(29)31)20-10-8-17(2)13-23(20)35-27/h9,11,14-15,17H,4-8,10,12-13H2,1-3H3,(H2,29,31)(H,30,32). The van der Waals surface area contributed by atoms with Crippen LogP contribution in [0, 0.1) is 17.2 Å². The Morgan fingerprint density at radius 2 is 2.09 bits per heavy atom. The number of methoxy groups -OCH3 is 1. The molecule has 2 amide bonds. The second-order valence-corrected chi connectivity index (χ2v) is 9.97. The zero-order valence-electron chi connectivity index (χ0n) is 20.6. The number of nitrogens with two attached hydrogens (primary N) is 1. The Bertz CT molecular complexity index is 1150. The highest BCUT2D eigenvalue weighted by Gasteiger charge is 2.27. The Balaban J connectivity index is 1.77. The molecule has 1 unspecified atom stereocenters. The molecule has 186 valence electrons. The molecule has 0 fully saturated rings. The molecule has 7 nitrogen and oxygen atoms in total. The van der Waals surface area contributed by atoms with Crippen LogP contribution in [0.15, 0.2) is 23.8 Å². The molecule has 35 heavy (non-hydrogen) atoms. The minimum Gasteiger partial charge on any atom is -0.493 e. The van der Waals surface area contributed by atoms with E-state index in [1.807, 2.05) is 6.07 Å². The number of nitriles is 1. The van der Waals surface area contributed by atoms with Crippen molar-refractivity contribution in [3.05, 3.63) is 45.3 Å². The van der Waals surface area contributed by atoms with Crippen molar-refractivity contribution < 1.29 is 19.1 Å². The number of nitrogens with zero attached hydrogens (tertiary/aromatic N) is 1. The van der Waals surface area contributed by atoms with Crippen LogP contribution in [0.3, 0.4) is 0 Å². The highest BCUT2D eigenvalue weighted by molar-refractivity contribution is 7.17. The summed E-state index contributed by atoms with van der Waals surface area (Å²) in [7, 11) is 1.55. The van der Waals surface area contributed by atoms with Crippen LogP contribution in [0.4, 0.5) is 5.00 Å². The van der Waals surface area contributed by atoms with Crippen LogP contribution in [-0.2, 0) is 17.6 Å². The number of amides is 2. The third-order valence-electron chi connectivity index (χ3n) is 6.10. The summed E-state index contributed by atoms with van der Waals surface area (Å²) < 4.78 is 11.3. The molecule has 1 atom stereocenters. The van der Waals surface area contributed by atoms with Gasteiger partial charge in [0, 0.05) is 4.88 Å². The number of hydrogen-bond acceptors (Lipinski definition) is 6. The van der Waals surface area contributed by atoms with Gasteiger partial charge >= 0.3 is 0 Å². The first-order valence-electron chi connectivity index (χ1n) is 12.1. The lowest BCUT2D eigenvalue weighted by atomic mass is 9.88. The molecule has 1 aliphatic rings. The first-order chi connectivity index (χ1) is 16.9. The molecule has 3 rings (SSSR count). The second kappa shape index (κ2) is 12.4. The quantitative estimate of drug-likeness (QED) is 0.243. The molecule has 0 bridgehead atoms. The number of thiophene rings is 1. The van der Waals surface area contributed by atoms with Crippen LogP contribution in [0.5, 0.6) is 11.5 Å². The predicted molar refractivity (Wildman–Crippen MR) is 139 cm³/mol. The van der Waals surface area contributed by atoms with E-state index in [4.69, 9.17) is 15.2 Å². The van der Waals surface area contributed by atoms with Gasteiger partial charge in [-0.2, -0.15) is 5.26 Å². The van der Waals surface area contributed by atoms with Crippen LogP contribution in [0.25, 0.3) is 6.08 Å². The molecule has 1 aromatic heterocycles. The summed E-state index contributed by atoms with van der Waals surface area (Å²) in [5, 5.41) is 12.8. The number of ether oxygens (including phenoxy) is 2. The van der Waals surface area contributed by atoms with Crippen molar-refractivity contribution >= 4 is 34.2 Å². The molecule has 1 aromatic carbocycles. The predicted octanol–water partition coefficient (Wildman–Crippen LogP) is 5.49. The summed E-state index contributed by atoms with van der Waals surface area (Å²) in [6.45, 7) is 4.93. The van der Waals surface area contributed by atoms with Crippen molar-refractivity contribution in [3.63, 3.8) is 0 Å². The van der Waals surface area contributed by atoms with Gasteiger partial charge < -0.3 is 20.5 Å². The zero-order chi connectivity index (χ0) is 25.4. The number of rotatable bonds is 11. The Morgan fingerprint density at radius 1 is 1.29 bits per heavy atom. The van der Waals surface area contributed by atoms with Gasteiger partial charge in [0.05, 0.1) is 19.3 Å². The van der Waals surface area contributed by atoms with Gasteiger partial charge in [0.15, 0.2) is 11.5 Å². The third kappa shape index (κ3) is 6.64. The van der Waals surface area contributed by atoms with Crippen molar-refractivity contribution in [1.29, 1.82) is 5.26 Å². The molecular weight excluding hydrogens is 462 g/mol. The van der Waals surface area contributed by atoms with E-state index in [9.17, 15) is 14.9 Å². The van der Waals surface area contributed by atoms with E-state index in [-0.39, 0.29) is 5.57 Å². The van der Waals surface area contributed by atoms with E-state index >= 15 is 0 Å². The molecule has 0 saturated heterocycles. The molecule has 8 heteroatoms. The molecular formula is C27H33N3O4S. The molecule has 1 heterocycles. The second-order valence-electron chi connectivity index (χ2n) is 8.86. The van der Waals surface area contributed by atoms with Crippen LogP contribution in [0.2, 0.25) is 0 Å². The number of hydrogen-bond donors (Lipinski definition) is 2. The van der Waals surface area contributed by atoms with E-state index in [0.717, 1.165) is 49.0 Å². The van der Waals surface area contributed by atoms with E-state index in [0.29, 0.717) is 40.2 Å². The van der Waals surface area contributed by atoms with E-state index in [2.05, 4.69) is 19.2 Å². The lowest BCUT2D eigenvalue weighted by Crippen LogP contribution is -2.19. The van der Waals surface area contributed by atoms with Gasteiger partial charge in [-0.25, -0.2) is 0 Å². The van der Waals surface area contributed by atoms with Crippen LogP contribution < -0.4 is 20.5 Å². The SMILES string of the molecule is CCCCCCOc1ccc(C=C(C#N)C(=O)Nc2sc3c(c2C(N)=O)CCC(C)C3)cc1OC. The average Bonchev–Trinajstić information content (AvgIpc) is 3.19. The van der Waals surface area contributed by atoms with Crippen molar-refractivity contribution in [3.8, 4) is 17.6 Å². The third-order valence-corrected chi connectivity index (χ3v) is 7.27. The number of benzene rings is 1. The topological polar surface area (TPSA) is 114 Å². The Morgan fingerprint density at radius 3 is 2.77 bits per heavy atom. The molecule has 2 aromatic rings. The molecule has 0 aliphatic heterocycles. The number of unbranched alkanes of at least 4 members (excludes halogenated alkanes) is 3. The minimum absolute atomic E-state index is 0.0875. The maximum atomic E-state index is 12.9. The number of anilines is 1. The summed E-state index contributed by atoms with van der Waals surface area (Å²) in [6.07, 6.45) is 8.50. The van der Waals surface area contributed by atoms with Crippen molar-refractivity contribution in [2.45, 2.75) is 58.8 Å². The molecule has 3 N–H and O–H groups in total. The van der Waals surface area contributed by atoms with E-state index in [1.54, 1.807) is 25.3 Å². The summed E-state index contributed by atoms with van der Waals surface area (Å²) >= 11 is 1.37. The van der Waals surface area contributed by atoms with Gasteiger partial charge in [0.1, 0.15) is 16.6 Å². The number of carbonyl (C=O) groups excluding carboxylic acids is 2. The lowest BCUT2D eigenvalue weighted by Gasteiger charge is -2.18. The lowest BCUT2D eigenvalue weighted by molar-refractivity contribution is -0.112. The Kier molecular flexibility index (Phi) is 9.32. The fourth-order valence-electron chi connectivity index (χ4n) is 4.19. The smallest absolute Gasteiger partial charge is 0.266 e. The summed E-state index contributed by atoms with van der Waals surface area (Å²) in [5.74, 6) is 0.511. The van der Waals surface area contributed by atoms with Gasteiger partial charge in [-0.3, -0.25) is 9.59 Å². The molecule has 0 spiro atoms. The van der Waals surface area contributed by atoms with Crippen molar-refractivity contribution in [2.75, 3.05) is 19.0 Å². The Labute approximate surface area is 210 Å². The highest BCUT2D eigenvalue weighted by atomic mass is 32.1. The molecule has 0 radical (unpaired) electrons. The van der Waals surface area contributed by atoms with Crippen LogP contribution in [-0.4, -0.2) is 25.5 Å². The highest BCUT2D eigenvalue weighted by Crippen LogP contribution is 2.39. The maximum absolute atomic E-state index is 12.9. The number of fused-ring (bicyclic) bond motifs is 1. The summed E-state index contributed by atoms with van der Waals surface area (Å²) in [4.78, 5) is 26.2. The summed E-state index contributed by atoms with van der Waals surface area (Å²) in [5.41, 5.74) is 7.47. The number of primary amides is 1. The largest absolute Gasteiger partial charge is 0.493 e. The van der Waals surface area contributed by atoms with Crippen molar-refractivity contribution in [2.24, 2.45) is 11.7 Å². The van der Waals surface area contributed by atoms with E-state index < -0.39 is 11.8 Å². The fraction of sp³-hybridized carbons (Fsp3) is 0.444. The minimum atomic E-state index is -0.586.